The van der Waals surface area contributed by atoms with Crippen molar-refractivity contribution in [2.75, 3.05) is 20.1 Å². The molecule has 0 atom stereocenters. The molecule has 0 aromatic carbocycles. The van der Waals surface area contributed by atoms with Gasteiger partial charge in [0.1, 0.15) is 5.69 Å². The fourth-order valence-corrected chi connectivity index (χ4v) is 2.84. The van der Waals surface area contributed by atoms with E-state index in [0.29, 0.717) is 11.6 Å². The molecule has 0 aliphatic carbocycles. The van der Waals surface area contributed by atoms with Gasteiger partial charge in [-0.05, 0) is 51.0 Å². The van der Waals surface area contributed by atoms with Gasteiger partial charge in [0.25, 0.3) is 0 Å². The zero-order valence-corrected chi connectivity index (χ0v) is 12.6. The standard InChI is InChI=1S/C16H20N4O2/c1-19-6-3-12(4-7-19)9-20-10-15(18-11-20)14-8-13(16(21)22)2-5-17-14/h2,5,8,10-12H,3-4,6-7,9H2,1H3,(H,21,22). The van der Waals surface area contributed by atoms with Crippen molar-refractivity contribution in [2.24, 2.45) is 5.92 Å². The number of imidazole rings is 1. The average molecular weight is 300 g/mol. The minimum absolute atomic E-state index is 0.231. The molecule has 2 aromatic rings. The molecular formula is C16H20N4O2. The third-order valence-electron chi connectivity index (χ3n) is 4.21. The Kier molecular flexibility index (Phi) is 4.20. The lowest BCUT2D eigenvalue weighted by atomic mass is 9.97. The van der Waals surface area contributed by atoms with Crippen molar-refractivity contribution in [3.05, 3.63) is 36.4 Å². The normalized spacial score (nSPS) is 16.8. The number of aromatic nitrogens is 3. The molecule has 22 heavy (non-hydrogen) atoms. The monoisotopic (exact) mass is 300 g/mol. The Morgan fingerprint density at radius 2 is 2.09 bits per heavy atom. The Morgan fingerprint density at radius 1 is 1.32 bits per heavy atom. The second-order valence-corrected chi connectivity index (χ2v) is 5.94. The zero-order valence-electron chi connectivity index (χ0n) is 12.6. The molecule has 6 heteroatoms. The summed E-state index contributed by atoms with van der Waals surface area (Å²) in [6, 6.07) is 3.05. The number of piperidine rings is 1. The van der Waals surface area contributed by atoms with Crippen molar-refractivity contribution in [3.8, 4) is 11.4 Å². The van der Waals surface area contributed by atoms with Gasteiger partial charge in [-0.25, -0.2) is 9.78 Å². The van der Waals surface area contributed by atoms with Crippen LogP contribution in [0, 0.1) is 5.92 Å². The minimum atomic E-state index is -0.950. The van der Waals surface area contributed by atoms with E-state index in [-0.39, 0.29) is 5.56 Å². The quantitative estimate of drug-likeness (QED) is 0.935. The molecule has 1 N–H and O–H groups in total. The Morgan fingerprint density at radius 3 is 2.82 bits per heavy atom. The van der Waals surface area contributed by atoms with Crippen molar-refractivity contribution < 1.29 is 9.90 Å². The van der Waals surface area contributed by atoms with Crippen molar-refractivity contribution in [2.45, 2.75) is 19.4 Å². The maximum Gasteiger partial charge on any atom is 0.335 e. The van der Waals surface area contributed by atoms with Gasteiger partial charge < -0.3 is 14.6 Å². The number of carboxylic acid groups (broad SMARTS) is 1. The van der Waals surface area contributed by atoms with Crippen LogP contribution in [0.4, 0.5) is 0 Å². The molecule has 3 heterocycles. The summed E-state index contributed by atoms with van der Waals surface area (Å²) in [7, 11) is 2.16. The van der Waals surface area contributed by atoms with E-state index in [1.165, 1.54) is 25.1 Å². The van der Waals surface area contributed by atoms with Crippen LogP contribution in [-0.4, -0.2) is 50.6 Å². The Hall–Kier alpha value is -2.21. The van der Waals surface area contributed by atoms with Crippen LogP contribution in [-0.2, 0) is 6.54 Å². The third kappa shape index (κ3) is 3.33. The Balaban J connectivity index is 1.71. The van der Waals surface area contributed by atoms with E-state index >= 15 is 0 Å². The molecule has 0 spiro atoms. The fourth-order valence-electron chi connectivity index (χ4n) is 2.84. The van der Waals surface area contributed by atoms with Gasteiger partial charge in [-0.2, -0.15) is 0 Å². The maximum atomic E-state index is 11.0. The number of nitrogens with zero attached hydrogens (tertiary/aromatic N) is 4. The van der Waals surface area contributed by atoms with Gasteiger partial charge in [-0.3, -0.25) is 4.98 Å². The van der Waals surface area contributed by atoms with Gasteiger partial charge in [0.15, 0.2) is 0 Å². The SMILES string of the molecule is CN1CCC(Cn2cnc(-c3cc(C(=O)O)ccn3)c2)CC1. The van der Waals surface area contributed by atoms with Crippen molar-refractivity contribution in [3.63, 3.8) is 0 Å². The van der Waals surface area contributed by atoms with Crippen LogP contribution >= 0.6 is 0 Å². The first-order valence-corrected chi connectivity index (χ1v) is 7.52. The van der Waals surface area contributed by atoms with E-state index in [9.17, 15) is 4.79 Å². The van der Waals surface area contributed by atoms with Crippen LogP contribution in [0.1, 0.15) is 23.2 Å². The molecule has 0 bridgehead atoms. The third-order valence-corrected chi connectivity index (χ3v) is 4.21. The second-order valence-electron chi connectivity index (χ2n) is 5.94. The minimum Gasteiger partial charge on any atom is -0.478 e. The van der Waals surface area contributed by atoms with Crippen LogP contribution in [0.2, 0.25) is 0 Å². The first kappa shape index (κ1) is 14.7. The summed E-state index contributed by atoms with van der Waals surface area (Å²) in [6.07, 6.45) is 7.68. The van der Waals surface area contributed by atoms with Crippen molar-refractivity contribution in [1.29, 1.82) is 0 Å². The van der Waals surface area contributed by atoms with Gasteiger partial charge in [-0.15, -0.1) is 0 Å². The summed E-state index contributed by atoms with van der Waals surface area (Å²) in [6.45, 7) is 3.25. The van der Waals surface area contributed by atoms with Gasteiger partial charge in [0.05, 0.1) is 17.6 Å². The number of rotatable bonds is 4. The smallest absolute Gasteiger partial charge is 0.335 e. The summed E-state index contributed by atoms with van der Waals surface area (Å²) in [5, 5.41) is 9.04. The summed E-state index contributed by atoms with van der Waals surface area (Å²) >= 11 is 0. The molecule has 116 valence electrons. The average Bonchev–Trinajstić information content (AvgIpc) is 2.98. The van der Waals surface area contributed by atoms with Gasteiger partial charge in [-0.1, -0.05) is 0 Å². The van der Waals surface area contributed by atoms with E-state index in [1.54, 1.807) is 6.07 Å². The summed E-state index contributed by atoms with van der Waals surface area (Å²) in [5.41, 5.74) is 1.55. The highest BCUT2D eigenvalue weighted by molar-refractivity contribution is 5.88. The zero-order chi connectivity index (χ0) is 15.5. The van der Waals surface area contributed by atoms with Crippen molar-refractivity contribution in [1.82, 2.24) is 19.4 Å². The number of hydrogen-bond donors (Lipinski definition) is 1. The number of likely N-dealkylation sites (tertiary alicyclic amines) is 1. The Labute approximate surface area is 129 Å². The number of aromatic carboxylic acids is 1. The number of carboxylic acids is 1. The van der Waals surface area contributed by atoms with Crippen LogP contribution in [0.25, 0.3) is 11.4 Å². The summed E-state index contributed by atoms with van der Waals surface area (Å²) in [5.74, 6) is -0.272. The van der Waals surface area contributed by atoms with E-state index < -0.39 is 5.97 Å². The molecule has 1 aliphatic rings. The maximum absolute atomic E-state index is 11.0. The molecular weight excluding hydrogens is 280 g/mol. The second kappa shape index (κ2) is 6.27. The first-order chi connectivity index (χ1) is 10.6. The molecule has 3 rings (SSSR count). The lowest BCUT2D eigenvalue weighted by Gasteiger charge is -2.28. The topological polar surface area (TPSA) is 71.2 Å². The van der Waals surface area contributed by atoms with E-state index in [0.717, 1.165) is 25.3 Å². The molecule has 1 fully saturated rings. The number of pyridine rings is 1. The highest BCUT2D eigenvalue weighted by Crippen LogP contribution is 2.20. The van der Waals surface area contributed by atoms with Crippen LogP contribution in [0.15, 0.2) is 30.9 Å². The Bertz CT molecular complexity index is 660. The molecule has 1 saturated heterocycles. The van der Waals surface area contributed by atoms with E-state index in [1.807, 2.05) is 12.5 Å². The fraction of sp³-hybridized carbons (Fsp3) is 0.438. The number of hydrogen-bond acceptors (Lipinski definition) is 4. The summed E-state index contributed by atoms with van der Waals surface area (Å²) in [4.78, 5) is 22.0. The van der Waals surface area contributed by atoms with Gasteiger partial charge in [0, 0.05) is 18.9 Å². The van der Waals surface area contributed by atoms with Crippen molar-refractivity contribution >= 4 is 5.97 Å². The lowest BCUT2D eigenvalue weighted by Crippen LogP contribution is -2.31. The lowest BCUT2D eigenvalue weighted by molar-refractivity contribution is 0.0697. The molecule has 0 saturated carbocycles. The van der Waals surface area contributed by atoms with Gasteiger partial charge >= 0.3 is 5.97 Å². The molecule has 0 amide bonds. The highest BCUT2D eigenvalue weighted by atomic mass is 16.4. The first-order valence-electron chi connectivity index (χ1n) is 7.52. The largest absolute Gasteiger partial charge is 0.478 e. The summed E-state index contributed by atoms with van der Waals surface area (Å²) < 4.78 is 2.08. The molecule has 0 radical (unpaired) electrons. The molecule has 0 unspecified atom stereocenters. The van der Waals surface area contributed by atoms with E-state index in [2.05, 4.69) is 26.5 Å². The van der Waals surface area contributed by atoms with Crippen LogP contribution < -0.4 is 0 Å². The molecule has 1 aliphatic heterocycles. The van der Waals surface area contributed by atoms with Crippen LogP contribution in [0.3, 0.4) is 0 Å². The molecule has 2 aromatic heterocycles. The predicted octanol–water partition coefficient (Wildman–Crippen LogP) is 1.99. The highest BCUT2D eigenvalue weighted by Gasteiger charge is 2.17. The van der Waals surface area contributed by atoms with Gasteiger partial charge in [0.2, 0.25) is 0 Å². The van der Waals surface area contributed by atoms with E-state index in [4.69, 9.17) is 5.11 Å². The van der Waals surface area contributed by atoms with Crippen LogP contribution in [0.5, 0.6) is 0 Å². The molecule has 6 nitrogen and oxygen atoms in total. The predicted molar refractivity (Wildman–Crippen MR) is 82.6 cm³/mol. The number of carbonyl (C=O) groups is 1.